The molecule has 1 amide bonds. The normalized spacial score (nSPS) is 20.7. The molecule has 0 unspecified atom stereocenters. The van der Waals surface area contributed by atoms with Gasteiger partial charge in [-0.1, -0.05) is 41.9 Å². The van der Waals surface area contributed by atoms with E-state index in [2.05, 4.69) is 10.4 Å². The van der Waals surface area contributed by atoms with E-state index in [4.69, 9.17) is 17.3 Å². The fourth-order valence-electron chi connectivity index (χ4n) is 2.65. The number of nitrogens with two attached hydrogens (primary N) is 1. The summed E-state index contributed by atoms with van der Waals surface area (Å²) in [6, 6.07) is 6.19. The molecule has 0 radical (unpaired) electrons. The number of alkyl halides is 3. The number of carbonyl (C=O) groups is 1. The predicted molar refractivity (Wildman–Crippen MR) is 78.3 cm³/mol. The maximum atomic E-state index is 13.4. The van der Waals surface area contributed by atoms with Crippen LogP contribution in [0.5, 0.6) is 0 Å². The summed E-state index contributed by atoms with van der Waals surface area (Å²) in [6.07, 6.45) is -4.80. The van der Waals surface area contributed by atoms with Gasteiger partial charge in [-0.05, 0) is 5.56 Å². The first-order chi connectivity index (χ1) is 10.8. The number of benzene rings is 1. The molecular weight excluding hydrogens is 333 g/mol. The Morgan fingerprint density at radius 1 is 1.35 bits per heavy atom. The van der Waals surface area contributed by atoms with Gasteiger partial charge in [-0.15, -0.1) is 0 Å². The standard InChI is InChI=1S/C14H12ClF3N4O/c15-10-11(12(19)23)21-22-9(14(16,17)18)6-8(20-13(10)22)7-4-2-1-3-5-7/h1-5,8-9,20H,6H2,(H2,19,23)/t8-,9+/m1/s1. The summed E-state index contributed by atoms with van der Waals surface area (Å²) >= 11 is 5.99. The lowest BCUT2D eigenvalue weighted by molar-refractivity contribution is -0.173. The second-order valence-electron chi connectivity index (χ2n) is 5.22. The van der Waals surface area contributed by atoms with Gasteiger partial charge in [-0.25, -0.2) is 4.68 Å². The molecule has 0 spiro atoms. The summed E-state index contributed by atoms with van der Waals surface area (Å²) in [5.41, 5.74) is 5.43. The Bertz CT molecular complexity index is 744. The Hall–Kier alpha value is -2.22. The summed E-state index contributed by atoms with van der Waals surface area (Å²) in [5.74, 6) is -1.03. The van der Waals surface area contributed by atoms with Crippen molar-refractivity contribution < 1.29 is 18.0 Å². The fraction of sp³-hybridized carbons (Fsp3) is 0.286. The summed E-state index contributed by atoms with van der Waals surface area (Å²) in [4.78, 5) is 11.3. The topological polar surface area (TPSA) is 72.9 Å². The molecule has 1 aromatic carbocycles. The predicted octanol–water partition coefficient (Wildman–Crippen LogP) is 3.30. The quantitative estimate of drug-likeness (QED) is 0.878. The highest BCUT2D eigenvalue weighted by Crippen LogP contribution is 2.46. The van der Waals surface area contributed by atoms with E-state index in [0.29, 0.717) is 10.2 Å². The maximum absolute atomic E-state index is 13.4. The van der Waals surface area contributed by atoms with Crippen LogP contribution in [0.3, 0.4) is 0 Å². The van der Waals surface area contributed by atoms with Crippen molar-refractivity contribution in [3.63, 3.8) is 0 Å². The molecule has 0 saturated heterocycles. The Balaban J connectivity index is 2.10. The molecule has 1 aliphatic rings. The molecule has 2 heterocycles. The van der Waals surface area contributed by atoms with E-state index in [9.17, 15) is 18.0 Å². The van der Waals surface area contributed by atoms with Crippen LogP contribution in [-0.4, -0.2) is 21.9 Å². The van der Waals surface area contributed by atoms with E-state index >= 15 is 0 Å². The molecule has 0 aliphatic carbocycles. The van der Waals surface area contributed by atoms with Crippen LogP contribution < -0.4 is 11.1 Å². The zero-order valence-corrected chi connectivity index (χ0v) is 12.4. The van der Waals surface area contributed by atoms with Crippen LogP contribution >= 0.6 is 11.6 Å². The van der Waals surface area contributed by atoms with Crippen molar-refractivity contribution in [2.24, 2.45) is 5.73 Å². The van der Waals surface area contributed by atoms with Gasteiger partial charge >= 0.3 is 6.18 Å². The summed E-state index contributed by atoms with van der Waals surface area (Å²) in [5, 5.41) is 6.37. The number of nitrogens with one attached hydrogen (secondary N) is 1. The summed E-state index contributed by atoms with van der Waals surface area (Å²) in [6.45, 7) is 0. The molecule has 1 aliphatic heterocycles. The average molecular weight is 345 g/mol. The molecular formula is C14H12ClF3N4O. The molecule has 1 aromatic heterocycles. The number of halogens is 4. The number of carbonyl (C=O) groups excluding carboxylic acids is 1. The van der Waals surface area contributed by atoms with Crippen LogP contribution in [0.2, 0.25) is 5.02 Å². The summed E-state index contributed by atoms with van der Waals surface area (Å²) in [7, 11) is 0. The van der Waals surface area contributed by atoms with E-state index in [1.54, 1.807) is 30.3 Å². The van der Waals surface area contributed by atoms with Crippen LogP contribution in [0.1, 0.15) is 34.6 Å². The van der Waals surface area contributed by atoms with Gasteiger partial charge in [0.2, 0.25) is 0 Å². The first-order valence-corrected chi connectivity index (χ1v) is 7.13. The number of anilines is 1. The highest BCUT2D eigenvalue weighted by molar-refractivity contribution is 6.36. The zero-order chi connectivity index (χ0) is 16.8. The van der Waals surface area contributed by atoms with Gasteiger partial charge in [0.15, 0.2) is 11.7 Å². The van der Waals surface area contributed by atoms with Crippen molar-refractivity contribution in [3.05, 3.63) is 46.6 Å². The maximum Gasteiger partial charge on any atom is 0.410 e. The van der Waals surface area contributed by atoms with E-state index < -0.39 is 24.2 Å². The van der Waals surface area contributed by atoms with E-state index in [1.165, 1.54) is 0 Å². The number of rotatable bonds is 2. The molecule has 5 nitrogen and oxygen atoms in total. The van der Waals surface area contributed by atoms with Gasteiger partial charge in [0.05, 0.1) is 6.04 Å². The molecule has 9 heteroatoms. The summed E-state index contributed by atoms with van der Waals surface area (Å²) < 4.78 is 40.9. The highest BCUT2D eigenvalue weighted by atomic mass is 35.5. The van der Waals surface area contributed by atoms with Crippen molar-refractivity contribution in [1.82, 2.24) is 9.78 Å². The molecule has 122 valence electrons. The van der Waals surface area contributed by atoms with Gasteiger partial charge in [-0.2, -0.15) is 18.3 Å². The minimum absolute atomic E-state index is 0.0529. The number of nitrogens with zero attached hydrogens (tertiary/aromatic N) is 2. The van der Waals surface area contributed by atoms with Gasteiger partial charge in [0, 0.05) is 6.42 Å². The number of fused-ring (bicyclic) bond motifs is 1. The number of hydrogen-bond donors (Lipinski definition) is 2. The monoisotopic (exact) mass is 344 g/mol. The number of amides is 1. The van der Waals surface area contributed by atoms with Crippen LogP contribution in [-0.2, 0) is 0 Å². The minimum Gasteiger partial charge on any atom is -0.364 e. The van der Waals surface area contributed by atoms with Gasteiger partial charge < -0.3 is 11.1 Å². The third kappa shape index (κ3) is 2.74. The molecule has 0 fully saturated rings. The highest BCUT2D eigenvalue weighted by Gasteiger charge is 2.47. The Labute approximate surface area is 134 Å². The molecule has 2 aromatic rings. The number of hydrogen-bond acceptors (Lipinski definition) is 3. The first-order valence-electron chi connectivity index (χ1n) is 6.75. The lowest BCUT2D eigenvalue weighted by Crippen LogP contribution is -2.35. The fourth-order valence-corrected chi connectivity index (χ4v) is 2.92. The Morgan fingerprint density at radius 2 is 2.00 bits per heavy atom. The van der Waals surface area contributed by atoms with E-state index in [-0.39, 0.29) is 23.0 Å². The Kier molecular flexibility index (Phi) is 3.71. The SMILES string of the molecule is NC(=O)c1nn2c(c1Cl)N[C@@H](c1ccccc1)C[C@H]2C(F)(F)F. The van der Waals surface area contributed by atoms with Crippen molar-refractivity contribution in [1.29, 1.82) is 0 Å². The second-order valence-corrected chi connectivity index (χ2v) is 5.60. The first kappa shape index (κ1) is 15.7. The van der Waals surface area contributed by atoms with Gasteiger partial charge in [0.1, 0.15) is 10.8 Å². The van der Waals surface area contributed by atoms with Gasteiger partial charge in [-0.3, -0.25) is 4.79 Å². The molecule has 3 rings (SSSR count). The minimum atomic E-state index is -4.53. The van der Waals surface area contributed by atoms with E-state index in [0.717, 1.165) is 0 Å². The van der Waals surface area contributed by atoms with Crippen molar-refractivity contribution >= 4 is 23.3 Å². The second kappa shape index (κ2) is 5.45. The third-order valence-electron chi connectivity index (χ3n) is 3.73. The molecule has 2 atom stereocenters. The van der Waals surface area contributed by atoms with Crippen LogP contribution in [0, 0.1) is 0 Å². The lowest BCUT2D eigenvalue weighted by Gasteiger charge is -2.33. The lowest BCUT2D eigenvalue weighted by atomic mass is 9.97. The Morgan fingerprint density at radius 3 is 2.57 bits per heavy atom. The smallest absolute Gasteiger partial charge is 0.364 e. The molecule has 23 heavy (non-hydrogen) atoms. The largest absolute Gasteiger partial charge is 0.410 e. The van der Waals surface area contributed by atoms with Crippen molar-refractivity contribution in [2.75, 3.05) is 5.32 Å². The average Bonchev–Trinajstić information content (AvgIpc) is 2.84. The number of aromatic nitrogens is 2. The molecule has 0 bridgehead atoms. The van der Waals surface area contributed by atoms with Crippen LogP contribution in [0.15, 0.2) is 30.3 Å². The van der Waals surface area contributed by atoms with Crippen LogP contribution in [0.4, 0.5) is 19.0 Å². The number of primary amides is 1. The van der Waals surface area contributed by atoms with Crippen LogP contribution in [0.25, 0.3) is 0 Å². The molecule has 0 saturated carbocycles. The molecule has 3 N–H and O–H groups in total. The van der Waals surface area contributed by atoms with Crippen molar-refractivity contribution in [2.45, 2.75) is 24.7 Å². The third-order valence-corrected chi connectivity index (χ3v) is 4.09. The van der Waals surface area contributed by atoms with Gasteiger partial charge in [0.25, 0.3) is 5.91 Å². The van der Waals surface area contributed by atoms with Crippen molar-refractivity contribution in [3.8, 4) is 0 Å². The van der Waals surface area contributed by atoms with E-state index in [1.807, 2.05) is 0 Å². The zero-order valence-electron chi connectivity index (χ0n) is 11.6.